The van der Waals surface area contributed by atoms with Crippen molar-refractivity contribution in [1.82, 2.24) is 4.98 Å². The Kier molecular flexibility index (Phi) is 4.85. The van der Waals surface area contributed by atoms with Crippen molar-refractivity contribution >= 4 is 11.6 Å². The third-order valence-corrected chi connectivity index (χ3v) is 3.21. The van der Waals surface area contributed by atoms with Gasteiger partial charge in [-0.3, -0.25) is 9.78 Å². The largest absolute Gasteiger partial charge is 0.330 e. The van der Waals surface area contributed by atoms with Gasteiger partial charge in [0.05, 0.1) is 5.56 Å². The van der Waals surface area contributed by atoms with E-state index in [1.165, 1.54) is 5.56 Å². The molecular weight excluding hydrogens is 250 g/mol. The summed E-state index contributed by atoms with van der Waals surface area (Å²) in [6.45, 7) is 0.696. The molecule has 2 aromatic rings. The molecule has 1 heterocycles. The molecule has 0 saturated carbocycles. The van der Waals surface area contributed by atoms with E-state index in [9.17, 15) is 4.79 Å². The van der Waals surface area contributed by atoms with Crippen LogP contribution in [0.1, 0.15) is 22.3 Å². The van der Waals surface area contributed by atoms with Gasteiger partial charge in [-0.1, -0.05) is 12.1 Å². The van der Waals surface area contributed by atoms with Gasteiger partial charge in [0, 0.05) is 25.1 Å². The first-order valence-electron chi connectivity index (χ1n) is 6.69. The number of anilines is 1. The van der Waals surface area contributed by atoms with Crippen molar-refractivity contribution in [2.45, 2.75) is 12.8 Å². The number of rotatable bonds is 5. The molecule has 20 heavy (non-hydrogen) atoms. The van der Waals surface area contributed by atoms with Crippen molar-refractivity contribution in [3.63, 3.8) is 0 Å². The summed E-state index contributed by atoms with van der Waals surface area (Å²) in [5, 5.41) is 0. The summed E-state index contributed by atoms with van der Waals surface area (Å²) >= 11 is 0. The van der Waals surface area contributed by atoms with Gasteiger partial charge in [-0.15, -0.1) is 0 Å². The van der Waals surface area contributed by atoms with Crippen LogP contribution in [0.4, 0.5) is 5.69 Å². The molecular formula is C16H19N3O. The van der Waals surface area contributed by atoms with E-state index < -0.39 is 0 Å². The molecule has 2 rings (SSSR count). The van der Waals surface area contributed by atoms with Gasteiger partial charge in [0.15, 0.2) is 0 Å². The van der Waals surface area contributed by atoms with E-state index in [0.29, 0.717) is 12.1 Å². The van der Waals surface area contributed by atoms with Crippen LogP contribution in [0.5, 0.6) is 0 Å². The molecule has 4 heteroatoms. The van der Waals surface area contributed by atoms with Crippen molar-refractivity contribution in [3.05, 3.63) is 59.9 Å². The Bertz CT molecular complexity index is 552. The van der Waals surface area contributed by atoms with Crippen LogP contribution in [0, 0.1) is 0 Å². The van der Waals surface area contributed by atoms with E-state index in [1.807, 2.05) is 24.3 Å². The van der Waals surface area contributed by atoms with Crippen molar-refractivity contribution < 1.29 is 4.79 Å². The lowest BCUT2D eigenvalue weighted by atomic mass is 10.1. The Labute approximate surface area is 119 Å². The fourth-order valence-corrected chi connectivity index (χ4v) is 1.99. The second-order valence-corrected chi connectivity index (χ2v) is 4.66. The van der Waals surface area contributed by atoms with Crippen LogP contribution in [-0.4, -0.2) is 24.5 Å². The highest BCUT2D eigenvalue weighted by atomic mass is 16.2. The molecule has 0 spiro atoms. The van der Waals surface area contributed by atoms with Crippen molar-refractivity contribution in [2.24, 2.45) is 5.73 Å². The van der Waals surface area contributed by atoms with E-state index in [1.54, 1.807) is 36.5 Å². The maximum atomic E-state index is 12.3. The number of benzene rings is 1. The smallest absolute Gasteiger partial charge is 0.259 e. The minimum atomic E-state index is -0.0622. The number of hydrogen-bond acceptors (Lipinski definition) is 3. The zero-order valence-corrected chi connectivity index (χ0v) is 11.6. The molecule has 0 saturated heterocycles. The predicted octanol–water partition coefficient (Wildman–Crippen LogP) is 2.25. The Morgan fingerprint density at radius 2 is 2.00 bits per heavy atom. The molecule has 104 valence electrons. The minimum absolute atomic E-state index is 0.0622. The zero-order chi connectivity index (χ0) is 14.4. The molecule has 0 aliphatic carbocycles. The molecule has 1 amide bonds. The van der Waals surface area contributed by atoms with Crippen molar-refractivity contribution in [1.29, 1.82) is 0 Å². The van der Waals surface area contributed by atoms with Gasteiger partial charge in [0.2, 0.25) is 0 Å². The quantitative estimate of drug-likeness (QED) is 0.905. The van der Waals surface area contributed by atoms with E-state index in [4.69, 9.17) is 5.73 Å². The number of pyridine rings is 1. The maximum Gasteiger partial charge on any atom is 0.259 e. The van der Waals surface area contributed by atoms with Gasteiger partial charge < -0.3 is 10.6 Å². The van der Waals surface area contributed by atoms with Crippen molar-refractivity contribution in [3.8, 4) is 0 Å². The number of aromatic nitrogens is 1. The average Bonchev–Trinajstić information content (AvgIpc) is 2.53. The van der Waals surface area contributed by atoms with Gasteiger partial charge in [-0.05, 0) is 49.2 Å². The number of nitrogens with two attached hydrogens (primary N) is 1. The van der Waals surface area contributed by atoms with E-state index in [2.05, 4.69) is 4.98 Å². The van der Waals surface area contributed by atoms with E-state index in [0.717, 1.165) is 18.5 Å². The molecule has 1 aromatic carbocycles. The van der Waals surface area contributed by atoms with E-state index in [-0.39, 0.29) is 5.91 Å². The molecule has 0 aliphatic rings. The number of amides is 1. The number of aryl methyl sites for hydroxylation is 1. The Morgan fingerprint density at radius 3 is 2.60 bits per heavy atom. The summed E-state index contributed by atoms with van der Waals surface area (Å²) in [6.07, 6.45) is 5.18. The monoisotopic (exact) mass is 269 g/mol. The van der Waals surface area contributed by atoms with Crippen LogP contribution in [-0.2, 0) is 6.42 Å². The Hall–Kier alpha value is -2.20. The third kappa shape index (κ3) is 3.42. The van der Waals surface area contributed by atoms with Gasteiger partial charge in [0.25, 0.3) is 5.91 Å². The molecule has 1 aromatic heterocycles. The van der Waals surface area contributed by atoms with E-state index >= 15 is 0 Å². The summed E-state index contributed by atoms with van der Waals surface area (Å²) in [5.41, 5.74) is 8.19. The van der Waals surface area contributed by atoms with Gasteiger partial charge in [-0.2, -0.15) is 0 Å². The molecule has 0 unspecified atom stereocenters. The van der Waals surface area contributed by atoms with Crippen molar-refractivity contribution in [2.75, 3.05) is 18.5 Å². The lowest BCUT2D eigenvalue weighted by molar-refractivity contribution is 0.0992. The first kappa shape index (κ1) is 14.2. The minimum Gasteiger partial charge on any atom is -0.330 e. The number of nitrogens with zero attached hydrogens (tertiary/aromatic N) is 2. The fourth-order valence-electron chi connectivity index (χ4n) is 1.99. The zero-order valence-electron chi connectivity index (χ0n) is 11.6. The molecule has 0 aliphatic heterocycles. The second kappa shape index (κ2) is 6.82. The normalized spacial score (nSPS) is 10.3. The van der Waals surface area contributed by atoms with Gasteiger partial charge in [0.1, 0.15) is 0 Å². The van der Waals surface area contributed by atoms with Gasteiger partial charge in [-0.25, -0.2) is 0 Å². The summed E-state index contributed by atoms with van der Waals surface area (Å²) in [7, 11) is 1.77. The van der Waals surface area contributed by atoms with Crippen LogP contribution >= 0.6 is 0 Å². The average molecular weight is 269 g/mol. The molecule has 4 nitrogen and oxygen atoms in total. The fraction of sp³-hybridized carbons (Fsp3) is 0.250. The summed E-state index contributed by atoms with van der Waals surface area (Å²) in [4.78, 5) is 17.9. The van der Waals surface area contributed by atoms with Crippen LogP contribution < -0.4 is 10.6 Å². The summed E-state index contributed by atoms with van der Waals surface area (Å²) < 4.78 is 0. The Morgan fingerprint density at radius 1 is 1.25 bits per heavy atom. The standard InChI is InChI=1S/C16H19N3O/c1-19(16(20)14-5-3-11-18-12-14)15-8-6-13(7-9-15)4-2-10-17/h3,5-9,11-12H,2,4,10,17H2,1H3. The van der Waals surface area contributed by atoms with Crippen LogP contribution in [0.3, 0.4) is 0 Å². The predicted molar refractivity (Wildman–Crippen MR) is 80.8 cm³/mol. The third-order valence-electron chi connectivity index (χ3n) is 3.21. The highest BCUT2D eigenvalue weighted by molar-refractivity contribution is 6.05. The number of hydrogen-bond donors (Lipinski definition) is 1. The molecule has 0 radical (unpaired) electrons. The summed E-state index contributed by atoms with van der Waals surface area (Å²) in [6, 6.07) is 11.5. The topological polar surface area (TPSA) is 59.2 Å². The summed E-state index contributed by atoms with van der Waals surface area (Å²) in [5.74, 6) is -0.0622. The Balaban J connectivity index is 2.09. The molecule has 0 atom stereocenters. The SMILES string of the molecule is CN(C(=O)c1cccnc1)c1ccc(CCCN)cc1. The highest BCUT2D eigenvalue weighted by Gasteiger charge is 2.13. The molecule has 0 fully saturated rings. The van der Waals surface area contributed by atoms with Crippen LogP contribution in [0.25, 0.3) is 0 Å². The lowest BCUT2D eigenvalue weighted by Gasteiger charge is -2.17. The number of carbonyl (C=O) groups excluding carboxylic acids is 1. The molecule has 2 N–H and O–H groups in total. The second-order valence-electron chi connectivity index (χ2n) is 4.66. The van der Waals surface area contributed by atoms with Gasteiger partial charge >= 0.3 is 0 Å². The lowest BCUT2D eigenvalue weighted by Crippen LogP contribution is -2.26. The van der Waals surface area contributed by atoms with Crippen LogP contribution in [0.15, 0.2) is 48.8 Å². The first-order chi connectivity index (χ1) is 9.72. The first-order valence-corrected chi connectivity index (χ1v) is 6.69. The maximum absolute atomic E-state index is 12.3. The highest BCUT2D eigenvalue weighted by Crippen LogP contribution is 2.17. The number of carbonyl (C=O) groups is 1. The van der Waals surface area contributed by atoms with Crippen LogP contribution in [0.2, 0.25) is 0 Å². The molecule has 0 bridgehead atoms.